The molecule has 1 saturated carbocycles. The molecule has 0 spiro atoms. The molecule has 1 unspecified atom stereocenters. The van der Waals surface area contributed by atoms with Crippen LogP contribution in [-0.4, -0.2) is 41.0 Å². The molecular formula is C16H23N3O. The quantitative estimate of drug-likeness (QED) is 0.918. The minimum absolute atomic E-state index is 0.0407. The van der Waals surface area contributed by atoms with Gasteiger partial charge in [0.15, 0.2) is 0 Å². The first-order chi connectivity index (χ1) is 9.83. The van der Waals surface area contributed by atoms with E-state index in [0.717, 1.165) is 25.6 Å². The SMILES string of the molecule is O=C(NC1CCN(C2CCCCC2)C1)c1ccccn1. The summed E-state index contributed by atoms with van der Waals surface area (Å²) in [7, 11) is 0. The number of rotatable bonds is 3. The number of carbonyl (C=O) groups excluding carboxylic acids is 1. The lowest BCUT2D eigenvalue weighted by molar-refractivity contribution is 0.0929. The number of nitrogens with one attached hydrogen (secondary N) is 1. The van der Waals surface area contributed by atoms with Gasteiger partial charge in [-0.05, 0) is 31.4 Å². The molecule has 0 radical (unpaired) electrons. The summed E-state index contributed by atoms with van der Waals surface area (Å²) < 4.78 is 0. The highest BCUT2D eigenvalue weighted by atomic mass is 16.1. The average Bonchev–Trinajstić information content (AvgIpc) is 2.97. The van der Waals surface area contributed by atoms with E-state index < -0.39 is 0 Å². The normalized spacial score (nSPS) is 24.7. The molecule has 1 aromatic heterocycles. The van der Waals surface area contributed by atoms with Gasteiger partial charge in [-0.25, -0.2) is 0 Å². The molecule has 1 aromatic rings. The minimum atomic E-state index is -0.0407. The van der Waals surface area contributed by atoms with Crippen LogP contribution in [0.3, 0.4) is 0 Å². The fourth-order valence-corrected chi connectivity index (χ4v) is 3.44. The van der Waals surface area contributed by atoms with Gasteiger partial charge in [0, 0.05) is 31.4 Å². The van der Waals surface area contributed by atoms with Crippen LogP contribution < -0.4 is 5.32 Å². The average molecular weight is 273 g/mol. The van der Waals surface area contributed by atoms with E-state index in [1.807, 2.05) is 12.1 Å². The fraction of sp³-hybridized carbons (Fsp3) is 0.625. The van der Waals surface area contributed by atoms with Crippen molar-refractivity contribution >= 4 is 5.91 Å². The molecule has 2 aliphatic rings. The van der Waals surface area contributed by atoms with E-state index in [4.69, 9.17) is 0 Å². The van der Waals surface area contributed by atoms with Gasteiger partial charge in [-0.1, -0.05) is 25.3 Å². The van der Waals surface area contributed by atoms with Gasteiger partial charge < -0.3 is 5.32 Å². The number of hydrogen-bond acceptors (Lipinski definition) is 3. The van der Waals surface area contributed by atoms with Crippen molar-refractivity contribution in [2.45, 2.75) is 50.6 Å². The molecule has 4 heteroatoms. The van der Waals surface area contributed by atoms with E-state index in [1.54, 1.807) is 12.3 Å². The van der Waals surface area contributed by atoms with Crippen LogP contribution in [0.2, 0.25) is 0 Å². The standard InChI is InChI=1S/C16H23N3O/c20-16(15-8-4-5-10-17-15)18-13-9-11-19(12-13)14-6-2-1-3-7-14/h4-5,8,10,13-14H,1-3,6-7,9,11-12H2,(H,18,20). The summed E-state index contributed by atoms with van der Waals surface area (Å²) in [6.07, 6.45) is 9.53. The molecule has 108 valence electrons. The van der Waals surface area contributed by atoms with E-state index in [2.05, 4.69) is 15.2 Å². The topological polar surface area (TPSA) is 45.2 Å². The maximum Gasteiger partial charge on any atom is 0.270 e. The Morgan fingerprint density at radius 2 is 2.05 bits per heavy atom. The molecule has 2 fully saturated rings. The molecule has 4 nitrogen and oxygen atoms in total. The Labute approximate surface area is 120 Å². The van der Waals surface area contributed by atoms with E-state index in [9.17, 15) is 4.79 Å². The molecular weight excluding hydrogens is 250 g/mol. The van der Waals surface area contributed by atoms with Gasteiger partial charge in [0.1, 0.15) is 5.69 Å². The lowest BCUT2D eigenvalue weighted by Gasteiger charge is -2.31. The lowest BCUT2D eigenvalue weighted by Crippen LogP contribution is -2.40. The molecule has 2 heterocycles. The predicted molar refractivity (Wildman–Crippen MR) is 78.6 cm³/mol. The summed E-state index contributed by atoms with van der Waals surface area (Å²) in [4.78, 5) is 18.8. The van der Waals surface area contributed by atoms with Crippen molar-refractivity contribution in [2.24, 2.45) is 0 Å². The highest BCUT2D eigenvalue weighted by Crippen LogP contribution is 2.25. The summed E-state index contributed by atoms with van der Waals surface area (Å²) in [6.45, 7) is 2.13. The van der Waals surface area contributed by atoms with E-state index >= 15 is 0 Å². The number of aromatic nitrogens is 1. The van der Waals surface area contributed by atoms with Crippen molar-refractivity contribution in [3.63, 3.8) is 0 Å². The van der Waals surface area contributed by atoms with Crippen LogP contribution in [0.1, 0.15) is 49.0 Å². The third-order valence-corrected chi connectivity index (χ3v) is 4.54. The van der Waals surface area contributed by atoms with E-state index in [0.29, 0.717) is 5.69 Å². The molecule has 1 atom stereocenters. The van der Waals surface area contributed by atoms with Crippen LogP contribution in [0.4, 0.5) is 0 Å². The summed E-state index contributed by atoms with van der Waals surface area (Å²) in [6, 6.07) is 6.48. The van der Waals surface area contributed by atoms with Crippen LogP contribution in [0, 0.1) is 0 Å². The number of nitrogens with zero attached hydrogens (tertiary/aromatic N) is 2. The van der Waals surface area contributed by atoms with E-state index in [1.165, 1.54) is 32.1 Å². The first kappa shape index (κ1) is 13.6. The molecule has 1 aliphatic carbocycles. The molecule has 1 N–H and O–H groups in total. The highest BCUT2D eigenvalue weighted by molar-refractivity contribution is 5.92. The predicted octanol–water partition coefficient (Wildman–Crippen LogP) is 2.22. The van der Waals surface area contributed by atoms with Crippen molar-refractivity contribution in [3.05, 3.63) is 30.1 Å². The molecule has 1 saturated heterocycles. The molecule has 1 amide bonds. The lowest BCUT2D eigenvalue weighted by atomic mass is 9.94. The fourth-order valence-electron chi connectivity index (χ4n) is 3.44. The molecule has 1 aliphatic heterocycles. The van der Waals surface area contributed by atoms with Crippen molar-refractivity contribution < 1.29 is 4.79 Å². The highest BCUT2D eigenvalue weighted by Gasteiger charge is 2.29. The number of likely N-dealkylation sites (tertiary alicyclic amines) is 1. The maximum absolute atomic E-state index is 12.1. The Bertz CT molecular complexity index is 442. The smallest absolute Gasteiger partial charge is 0.270 e. The number of pyridine rings is 1. The number of hydrogen-bond donors (Lipinski definition) is 1. The van der Waals surface area contributed by atoms with Crippen molar-refractivity contribution in [1.82, 2.24) is 15.2 Å². The Morgan fingerprint density at radius 3 is 2.80 bits per heavy atom. The largest absolute Gasteiger partial charge is 0.347 e. The van der Waals surface area contributed by atoms with Crippen LogP contribution >= 0.6 is 0 Å². The third kappa shape index (κ3) is 3.18. The Balaban J connectivity index is 1.51. The van der Waals surface area contributed by atoms with Crippen molar-refractivity contribution in [3.8, 4) is 0 Å². The van der Waals surface area contributed by atoms with Gasteiger partial charge in [-0.15, -0.1) is 0 Å². The molecule has 20 heavy (non-hydrogen) atoms. The minimum Gasteiger partial charge on any atom is -0.347 e. The summed E-state index contributed by atoms with van der Waals surface area (Å²) in [5.74, 6) is -0.0407. The van der Waals surface area contributed by atoms with Gasteiger partial charge >= 0.3 is 0 Å². The Hall–Kier alpha value is -1.42. The zero-order chi connectivity index (χ0) is 13.8. The summed E-state index contributed by atoms with van der Waals surface area (Å²) in [5.41, 5.74) is 0.517. The summed E-state index contributed by atoms with van der Waals surface area (Å²) >= 11 is 0. The molecule has 0 bridgehead atoms. The van der Waals surface area contributed by atoms with E-state index in [-0.39, 0.29) is 11.9 Å². The van der Waals surface area contributed by atoms with Gasteiger partial charge in [0.05, 0.1) is 0 Å². The third-order valence-electron chi connectivity index (χ3n) is 4.54. The first-order valence-corrected chi connectivity index (χ1v) is 7.79. The van der Waals surface area contributed by atoms with Gasteiger partial charge in [0.25, 0.3) is 5.91 Å². The van der Waals surface area contributed by atoms with Crippen LogP contribution in [0.5, 0.6) is 0 Å². The molecule has 0 aromatic carbocycles. The maximum atomic E-state index is 12.1. The second-order valence-electron chi connectivity index (χ2n) is 5.96. The van der Waals surface area contributed by atoms with Crippen LogP contribution in [0.25, 0.3) is 0 Å². The monoisotopic (exact) mass is 273 g/mol. The van der Waals surface area contributed by atoms with Crippen LogP contribution in [-0.2, 0) is 0 Å². The van der Waals surface area contributed by atoms with Crippen molar-refractivity contribution in [2.75, 3.05) is 13.1 Å². The number of amides is 1. The summed E-state index contributed by atoms with van der Waals surface area (Å²) in [5, 5.41) is 3.12. The number of carbonyl (C=O) groups is 1. The zero-order valence-electron chi connectivity index (χ0n) is 11.9. The van der Waals surface area contributed by atoms with Gasteiger partial charge in [0.2, 0.25) is 0 Å². The van der Waals surface area contributed by atoms with Crippen molar-refractivity contribution in [1.29, 1.82) is 0 Å². The Morgan fingerprint density at radius 1 is 1.20 bits per heavy atom. The van der Waals surface area contributed by atoms with Gasteiger partial charge in [-0.3, -0.25) is 14.7 Å². The first-order valence-electron chi connectivity index (χ1n) is 7.79. The zero-order valence-corrected chi connectivity index (χ0v) is 11.9. The van der Waals surface area contributed by atoms with Crippen LogP contribution in [0.15, 0.2) is 24.4 Å². The Kier molecular flexibility index (Phi) is 4.31. The molecule has 3 rings (SSSR count). The second-order valence-corrected chi connectivity index (χ2v) is 5.96. The van der Waals surface area contributed by atoms with Gasteiger partial charge in [-0.2, -0.15) is 0 Å². The second kappa shape index (κ2) is 6.35.